The second-order valence-corrected chi connectivity index (χ2v) is 4.53. The van der Waals surface area contributed by atoms with Gasteiger partial charge in [0.05, 0.1) is 10.0 Å². The maximum Gasteiger partial charge on any atom is 0.0686 e. The number of halogens is 3. The Hall–Kier alpha value is -0.0600. The van der Waals surface area contributed by atoms with Gasteiger partial charge >= 0.3 is 0 Å². The van der Waals surface area contributed by atoms with E-state index >= 15 is 0 Å². The maximum atomic E-state index is 6.02. The van der Waals surface area contributed by atoms with Gasteiger partial charge in [0.2, 0.25) is 0 Å². The summed E-state index contributed by atoms with van der Waals surface area (Å²) in [7, 11) is 0. The number of fused-ring (bicyclic) bond motifs is 1. The van der Waals surface area contributed by atoms with Gasteiger partial charge in [0.1, 0.15) is 0 Å². The largest absolute Gasteiger partial charge is 0.263 e. The van der Waals surface area contributed by atoms with Gasteiger partial charge in [-0.3, -0.25) is 4.98 Å². The molecule has 0 saturated carbocycles. The maximum absolute atomic E-state index is 6.02. The molecular formula is C9H4Cl2IN. The summed E-state index contributed by atoms with van der Waals surface area (Å²) in [6.07, 6.45) is 3.53. The van der Waals surface area contributed by atoms with Gasteiger partial charge < -0.3 is 0 Å². The van der Waals surface area contributed by atoms with E-state index in [0.29, 0.717) is 10.0 Å². The molecule has 1 heterocycles. The number of rotatable bonds is 0. The number of aromatic nitrogens is 1. The van der Waals surface area contributed by atoms with Crippen LogP contribution < -0.4 is 0 Å². The molecule has 2 rings (SSSR count). The third-order valence-corrected chi connectivity index (χ3v) is 3.46. The van der Waals surface area contributed by atoms with Gasteiger partial charge in [-0.25, -0.2) is 0 Å². The Bertz CT molecular complexity index is 470. The van der Waals surface area contributed by atoms with E-state index in [1.807, 2.05) is 6.07 Å². The third-order valence-electron chi connectivity index (χ3n) is 1.78. The van der Waals surface area contributed by atoms with E-state index in [4.69, 9.17) is 23.2 Å². The lowest BCUT2D eigenvalue weighted by Gasteiger charge is -2.02. The Morgan fingerprint density at radius 2 is 1.85 bits per heavy atom. The summed E-state index contributed by atoms with van der Waals surface area (Å²) in [5.74, 6) is 0. The zero-order valence-corrected chi connectivity index (χ0v) is 10.1. The predicted octanol–water partition coefficient (Wildman–Crippen LogP) is 4.15. The molecule has 0 aliphatic rings. The van der Waals surface area contributed by atoms with Crippen LogP contribution in [0, 0.1) is 3.57 Å². The van der Waals surface area contributed by atoms with Crippen LogP contribution in [-0.2, 0) is 0 Å². The van der Waals surface area contributed by atoms with Gasteiger partial charge in [-0.1, -0.05) is 29.3 Å². The molecule has 0 bridgehead atoms. The fraction of sp³-hybridized carbons (Fsp3) is 0. The molecule has 0 unspecified atom stereocenters. The summed E-state index contributed by atoms with van der Waals surface area (Å²) in [6, 6.07) is 3.75. The van der Waals surface area contributed by atoms with Crippen LogP contribution in [0.15, 0.2) is 24.5 Å². The highest BCUT2D eigenvalue weighted by atomic mass is 127. The van der Waals surface area contributed by atoms with Crippen molar-refractivity contribution >= 4 is 56.6 Å². The molecule has 0 spiro atoms. The minimum absolute atomic E-state index is 0.568. The number of pyridine rings is 1. The standard InChI is InChI=1S/C9H4Cl2IN/c10-7-2-1-5-6(9(7)11)3-13-4-8(5)12/h1-4H. The molecule has 1 aromatic carbocycles. The lowest BCUT2D eigenvalue weighted by Crippen LogP contribution is -1.82. The van der Waals surface area contributed by atoms with Crippen molar-refractivity contribution in [1.29, 1.82) is 0 Å². The quantitative estimate of drug-likeness (QED) is 0.664. The smallest absolute Gasteiger partial charge is 0.0686 e. The van der Waals surface area contributed by atoms with Crippen molar-refractivity contribution in [2.75, 3.05) is 0 Å². The second kappa shape index (κ2) is 3.59. The first-order valence-corrected chi connectivity index (χ1v) is 5.41. The molecule has 0 saturated heterocycles. The lowest BCUT2D eigenvalue weighted by molar-refractivity contribution is 1.35. The first-order valence-electron chi connectivity index (χ1n) is 3.57. The van der Waals surface area contributed by atoms with Crippen LogP contribution in [0.5, 0.6) is 0 Å². The summed E-state index contributed by atoms with van der Waals surface area (Å²) in [4.78, 5) is 4.06. The molecule has 2 aromatic rings. The van der Waals surface area contributed by atoms with Crippen LogP contribution in [0.25, 0.3) is 10.8 Å². The highest BCUT2D eigenvalue weighted by Crippen LogP contribution is 2.31. The summed E-state index contributed by atoms with van der Waals surface area (Å²) < 4.78 is 1.08. The Morgan fingerprint density at radius 1 is 1.08 bits per heavy atom. The average molecular weight is 324 g/mol. The summed E-state index contributed by atoms with van der Waals surface area (Å²) in [5, 5.41) is 3.13. The molecule has 66 valence electrons. The molecule has 0 amide bonds. The highest BCUT2D eigenvalue weighted by molar-refractivity contribution is 14.1. The van der Waals surface area contributed by atoms with E-state index in [1.165, 1.54) is 0 Å². The highest BCUT2D eigenvalue weighted by Gasteiger charge is 2.05. The monoisotopic (exact) mass is 323 g/mol. The van der Waals surface area contributed by atoms with Crippen LogP contribution in [0.4, 0.5) is 0 Å². The first kappa shape index (κ1) is 9.49. The number of hydrogen-bond donors (Lipinski definition) is 0. The summed E-state index contributed by atoms with van der Waals surface area (Å²) >= 11 is 14.1. The van der Waals surface area contributed by atoms with Crippen LogP contribution in [0.3, 0.4) is 0 Å². The molecule has 0 aliphatic carbocycles. The molecule has 1 aromatic heterocycles. The van der Waals surface area contributed by atoms with E-state index in [1.54, 1.807) is 18.5 Å². The van der Waals surface area contributed by atoms with Crippen molar-refractivity contribution in [2.45, 2.75) is 0 Å². The van der Waals surface area contributed by atoms with Gasteiger partial charge in [-0.05, 0) is 34.0 Å². The Morgan fingerprint density at radius 3 is 2.62 bits per heavy atom. The van der Waals surface area contributed by atoms with Crippen molar-refractivity contribution in [2.24, 2.45) is 0 Å². The van der Waals surface area contributed by atoms with E-state index in [9.17, 15) is 0 Å². The van der Waals surface area contributed by atoms with Crippen molar-refractivity contribution < 1.29 is 0 Å². The Labute approximate surface area is 99.2 Å². The summed E-state index contributed by atoms with van der Waals surface area (Å²) in [6.45, 7) is 0. The Kier molecular flexibility index (Phi) is 2.62. The number of benzene rings is 1. The molecule has 0 N–H and O–H groups in total. The lowest BCUT2D eigenvalue weighted by atomic mass is 10.2. The van der Waals surface area contributed by atoms with Gasteiger partial charge in [0, 0.05) is 21.4 Å². The molecule has 0 radical (unpaired) electrons. The molecule has 13 heavy (non-hydrogen) atoms. The zero-order chi connectivity index (χ0) is 9.42. The molecule has 0 atom stereocenters. The molecule has 0 fully saturated rings. The normalized spacial score (nSPS) is 10.7. The van der Waals surface area contributed by atoms with Crippen molar-refractivity contribution in [3.05, 3.63) is 38.1 Å². The third kappa shape index (κ3) is 1.63. The molecule has 4 heteroatoms. The van der Waals surface area contributed by atoms with E-state index in [0.717, 1.165) is 14.3 Å². The van der Waals surface area contributed by atoms with E-state index < -0.39 is 0 Å². The predicted molar refractivity (Wildman–Crippen MR) is 64.5 cm³/mol. The fourth-order valence-corrected chi connectivity index (χ4v) is 2.16. The van der Waals surface area contributed by atoms with Gasteiger partial charge in [-0.2, -0.15) is 0 Å². The minimum atomic E-state index is 0.568. The van der Waals surface area contributed by atoms with Crippen molar-refractivity contribution in [3.8, 4) is 0 Å². The SMILES string of the molecule is Clc1ccc2c(I)cncc2c1Cl. The van der Waals surface area contributed by atoms with Crippen LogP contribution in [0.1, 0.15) is 0 Å². The molecule has 1 nitrogen and oxygen atoms in total. The van der Waals surface area contributed by atoms with Crippen molar-refractivity contribution in [1.82, 2.24) is 4.98 Å². The van der Waals surface area contributed by atoms with E-state index in [-0.39, 0.29) is 0 Å². The van der Waals surface area contributed by atoms with Crippen molar-refractivity contribution in [3.63, 3.8) is 0 Å². The van der Waals surface area contributed by atoms with Gasteiger partial charge in [-0.15, -0.1) is 0 Å². The fourth-order valence-electron chi connectivity index (χ4n) is 1.15. The Balaban J connectivity index is 2.94. The topological polar surface area (TPSA) is 12.9 Å². The average Bonchev–Trinajstić information content (AvgIpc) is 2.12. The van der Waals surface area contributed by atoms with Gasteiger partial charge in [0.25, 0.3) is 0 Å². The minimum Gasteiger partial charge on any atom is -0.263 e. The summed E-state index contributed by atoms with van der Waals surface area (Å²) in [5.41, 5.74) is 0. The first-order chi connectivity index (χ1) is 6.20. The zero-order valence-electron chi connectivity index (χ0n) is 6.39. The van der Waals surface area contributed by atoms with Crippen LogP contribution >= 0.6 is 45.8 Å². The van der Waals surface area contributed by atoms with E-state index in [2.05, 4.69) is 27.6 Å². The number of hydrogen-bond acceptors (Lipinski definition) is 1. The molecule has 0 aliphatic heterocycles. The molecular weight excluding hydrogens is 320 g/mol. The second-order valence-electron chi connectivity index (χ2n) is 2.58. The number of nitrogens with zero attached hydrogens (tertiary/aromatic N) is 1. The van der Waals surface area contributed by atoms with Gasteiger partial charge in [0.15, 0.2) is 0 Å². The van der Waals surface area contributed by atoms with Crippen LogP contribution in [0.2, 0.25) is 10.0 Å². The van der Waals surface area contributed by atoms with Crippen LogP contribution in [-0.4, -0.2) is 4.98 Å².